The summed E-state index contributed by atoms with van der Waals surface area (Å²) in [4.78, 5) is 12.7. The summed E-state index contributed by atoms with van der Waals surface area (Å²) in [5.74, 6) is -0.0295. The lowest BCUT2D eigenvalue weighted by Gasteiger charge is -2.35. The fourth-order valence-electron chi connectivity index (χ4n) is 4.40. The minimum atomic E-state index is -0.0295. The van der Waals surface area contributed by atoms with E-state index in [9.17, 15) is 4.79 Å². The molecule has 0 saturated heterocycles. The van der Waals surface area contributed by atoms with Crippen LogP contribution < -0.4 is 10.6 Å². The first-order valence-corrected chi connectivity index (χ1v) is 10.8. The Morgan fingerprint density at radius 2 is 1.62 bits per heavy atom. The number of rotatable bonds is 5. The molecule has 0 radical (unpaired) electrons. The van der Waals surface area contributed by atoms with E-state index in [1.54, 1.807) is 24.3 Å². The van der Waals surface area contributed by atoms with E-state index in [1.165, 1.54) is 22.8 Å². The van der Waals surface area contributed by atoms with Gasteiger partial charge in [0.25, 0.3) is 5.91 Å². The predicted molar refractivity (Wildman–Crippen MR) is 120 cm³/mol. The summed E-state index contributed by atoms with van der Waals surface area (Å²) < 4.78 is 0. The maximum atomic E-state index is 12.7. The Morgan fingerprint density at radius 3 is 2.41 bits per heavy atom. The first kappa shape index (κ1) is 19.9. The Kier molecular flexibility index (Phi) is 6.17. The predicted octanol–water partition coefficient (Wildman–Crippen LogP) is 5.89. The molecular formula is C25H27ClN2O. The summed E-state index contributed by atoms with van der Waals surface area (Å²) in [6, 6.07) is 22.7. The Bertz CT molecular complexity index is 980. The Labute approximate surface area is 177 Å². The fraction of sp³-hybridized carbons (Fsp3) is 0.320. The van der Waals surface area contributed by atoms with Crippen LogP contribution in [0.4, 0.5) is 0 Å². The normalized spacial score (nSPS) is 20.3. The summed E-state index contributed by atoms with van der Waals surface area (Å²) in [7, 11) is 0. The second-order valence-electron chi connectivity index (χ2n) is 7.93. The summed E-state index contributed by atoms with van der Waals surface area (Å²) in [6.07, 6.45) is 4.40. The van der Waals surface area contributed by atoms with Crippen LogP contribution in [0.5, 0.6) is 0 Å². The van der Waals surface area contributed by atoms with Gasteiger partial charge in [-0.25, -0.2) is 0 Å². The van der Waals surface area contributed by atoms with E-state index in [0.29, 0.717) is 10.6 Å². The molecular weight excluding hydrogens is 380 g/mol. The van der Waals surface area contributed by atoms with E-state index >= 15 is 0 Å². The molecule has 4 rings (SSSR count). The molecule has 29 heavy (non-hydrogen) atoms. The zero-order valence-electron chi connectivity index (χ0n) is 16.7. The molecule has 1 saturated carbocycles. The van der Waals surface area contributed by atoms with Gasteiger partial charge in [0.05, 0.1) is 0 Å². The highest BCUT2D eigenvalue weighted by Crippen LogP contribution is 2.27. The first-order valence-electron chi connectivity index (χ1n) is 10.4. The van der Waals surface area contributed by atoms with Gasteiger partial charge < -0.3 is 10.6 Å². The number of carbonyl (C=O) groups is 1. The fourth-order valence-corrected chi connectivity index (χ4v) is 4.52. The van der Waals surface area contributed by atoms with E-state index in [2.05, 4.69) is 60.0 Å². The summed E-state index contributed by atoms with van der Waals surface area (Å²) >= 11 is 5.95. The highest BCUT2D eigenvalue weighted by atomic mass is 35.5. The van der Waals surface area contributed by atoms with Crippen molar-refractivity contribution >= 4 is 28.3 Å². The van der Waals surface area contributed by atoms with Gasteiger partial charge in [-0.2, -0.15) is 0 Å². The maximum absolute atomic E-state index is 12.7. The highest BCUT2D eigenvalue weighted by molar-refractivity contribution is 6.30. The van der Waals surface area contributed by atoms with Gasteiger partial charge in [0.1, 0.15) is 0 Å². The van der Waals surface area contributed by atoms with Gasteiger partial charge in [-0.15, -0.1) is 0 Å². The number of nitrogens with one attached hydrogen (secondary N) is 2. The van der Waals surface area contributed by atoms with Gasteiger partial charge in [-0.3, -0.25) is 4.79 Å². The molecule has 0 aliphatic heterocycles. The van der Waals surface area contributed by atoms with Crippen molar-refractivity contribution in [2.45, 2.75) is 50.7 Å². The smallest absolute Gasteiger partial charge is 0.251 e. The van der Waals surface area contributed by atoms with E-state index in [-0.39, 0.29) is 24.0 Å². The number of halogens is 1. The number of hydrogen-bond acceptors (Lipinski definition) is 2. The van der Waals surface area contributed by atoms with Crippen molar-refractivity contribution in [3.05, 3.63) is 82.9 Å². The lowest BCUT2D eigenvalue weighted by Crippen LogP contribution is -2.52. The Hall–Kier alpha value is -2.36. The molecule has 1 amide bonds. The van der Waals surface area contributed by atoms with Crippen molar-refractivity contribution in [1.29, 1.82) is 0 Å². The molecule has 3 atom stereocenters. The van der Waals surface area contributed by atoms with Gasteiger partial charge in [0, 0.05) is 28.7 Å². The minimum Gasteiger partial charge on any atom is -0.348 e. The molecule has 3 aromatic rings. The maximum Gasteiger partial charge on any atom is 0.251 e. The molecule has 1 aliphatic carbocycles. The lowest BCUT2D eigenvalue weighted by atomic mass is 9.88. The summed E-state index contributed by atoms with van der Waals surface area (Å²) in [6.45, 7) is 2.22. The average molecular weight is 407 g/mol. The molecule has 4 heteroatoms. The van der Waals surface area contributed by atoms with Crippen molar-refractivity contribution in [2.24, 2.45) is 0 Å². The highest BCUT2D eigenvalue weighted by Gasteiger charge is 2.28. The lowest BCUT2D eigenvalue weighted by molar-refractivity contribution is 0.0913. The van der Waals surface area contributed by atoms with Crippen LogP contribution in [0.2, 0.25) is 5.02 Å². The third-order valence-electron chi connectivity index (χ3n) is 5.94. The molecule has 1 aliphatic rings. The minimum absolute atomic E-state index is 0.0295. The van der Waals surface area contributed by atoms with Gasteiger partial charge in [0.2, 0.25) is 0 Å². The number of benzene rings is 3. The van der Waals surface area contributed by atoms with Crippen molar-refractivity contribution < 1.29 is 4.79 Å². The standard InChI is InChI=1S/C25H27ClN2O/c1-17(21-10-6-8-18-7-2-3-9-22(18)21)27-23-11-4-5-12-24(23)28-25(29)19-13-15-20(26)16-14-19/h2-3,6-10,13-17,23-24,27H,4-5,11-12H2,1H3,(H,28,29)/t17-,23-,24-/m0/s1. The SMILES string of the molecule is C[C@H](N[C@H]1CCCC[C@@H]1NC(=O)c1ccc(Cl)cc1)c1cccc2ccccc12. The van der Waals surface area contributed by atoms with E-state index in [0.717, 1.165) is 19.3 Å². The van der Waals surface area contributed by atoms with Crippen LogP contribution in [-0.4, -0.2) is 18.0 Å². The molecule has 0 bridgehead atoms. The molecule has 2 N–H and O–H groups in total. The molecule has 150 valence electrons. The van der Waals surface area contributed by atoms with E-state index in [4.69, 9.17) is 11.6 Å². The third-order valence-corrected chi connectivity index (χ3v) is 6.19. The van der Waals surface area contributed by atoms with Crippen LogP contribution in [0.15, 0.2) is 66.7 Å². The first-order chi connectivity index (χ1) is 14.1. The van der Waals surface area contributed by atoms with Crippen LogP contribution in [-0.2, 0) is 0 Å². The van der Waals surface area contributed by atoms with E-state index in [1.807, 2.05) is 0 Å². The topological polar surface area (TPSA) is 41.1 Å². The van der Waals surface area contributed by atoms with Crippen LogP contribution in [0.1, 0.15) is 54.6 Å². The molecule has 3 nitrogen and oxygen atoms in total. The van der Waals surface area contributed by atoms with Crippen LogP contribution in [0.3, 0.4) is 0 Å². The van der Waals surface area contributed by atoms with Crippen molar-refractivity contribution in [1.82, 2.24) is 10.6 Å². The quantitative estimate of drug-likeness (QED) is 0.555. The number of hydrogen-bond donors (Lipinski definition) is 2. The van der Waals surface area contributed by atoms with Crippen molar-refractivity contribution in [2.75, 3.05) is 0 Å². The van der Waals surface area contributed by atoms with Gasteiger partial charge in [-0.05, 0) is 60.4 Å². The Balaban J connectivity index is 1.48. The zero-order chi connectivity index (χ0) is 20.2. The zero-order valence-corrected chi connectivity index (χ0v) is 17.5. The van der Waals surface area contributed by atoms with E-state index < -0.39 is 0 Å². The van der Waals surface area contributed by atoms with Crippen LogP contribution >= 0.6 is 11.6 Å². The van der Waals surface area contributed by atoms with Crippen molar-refractivity contribution in [3.8, 4) is 0 Å². The van der Waals surface area contributed by atoms with Gasteiger partial charge in [-0.1, -0.05) is 66.9 Å². The largest absolute Gasteiger partial charge is 0.348 e. The van der Waals surface area contributed by atoms with Crippen LogP contribution in [0.25, 0.3) is 10.8 Å². The molecule has 0 spiro atoms. The monoisotopic (exact) mass is 406 g/mol. The number of fused-ring (bicyclic) bond motifs is 1. The second kappa shape index (κ2) is 8.98. The van der Waals surface area contributed by atoms with Gasteiger partial charge in [0.15, 0.2) is 0 Å². The van der Waals surface area contributed by atoms with Crippen LogP contribution in [0, 0.1) is 0 Å². The van der Waals surface area contributed by atoms with Crippen molar-refractivity contribution in [3.63, 3.8) is 0 Å². The van der Waals surface area contributed by atoms with Gasteiger partial charge >= 0.3 is 0 Å². The summed E-state index contributed by atoms with van der Waals surface area (Å²) in [5.41, 5.74) is 1.96. The molecule has 0 unspecified atom stereocenters. The molecule has 3 aromatic carbocycles. The number of carbonyl (C=O) groups excluding carboxylic acids is 1. The average Bonchev–Trinajstić information content (AvgIpc) is 2.75. The molecule has 0 aromatic heterocycles. The second-order valence-corrected chi connectivity index (χ2v) is 8.37. The summed E-state index contributed by atoms with van der Waals surface area (Å²) in [5, 5.41) is 10.2. The number of amides is 1. The third kappa shape index (κ3) is 4.63. The molecule has 1 fully saturated rings. The molecule has 0 heterocycles. The Morgan fingerprint density at radius 1 is 0.931 bits per heavy atom.